The summed E-state index contributed by atoms with van der Waals surface area (Å²) in [4.78, 5) is 34.5. The predicted octanol–water partition coefficient (Wildman–Crippen LogP) is 6.55. The Kier molecular flexibility index (Phi) is 10.7. The molecule has 3 heterocycles. The van der Waals surface area contributed by atoms with Crippen LogP contribution >= 0.6 is 0 Å². The Bertz CT molecular complexity index is 1510. The molecule has 1 aliphatic heterocycles. The lowest BCUT2D eigenvalue weighted by Gasteiger charge is -2.38. The van der Waals surface area contributed by atoms with Crippen LogP contribution in [0.4, 0.5) is 10.2 Å². The number of ether oxygens (including phenoxy) is 2. The first kappa shape index (κ1) is 33.8. The first-order chi connectivity index (χ1) is 20.7. The van der Waals surface area contributed by atoms with Gasteiger partial charge >= 0.3 is 5.97 Å². The van der Waals surface area contributed by atoms with E-state index in [1.165, 1.54) is 12.1 Å². The molecule has 0 amide bonds. The van der Waals surface area contributed by atoms with Crippen molar-refractivity contribution in [3.05, 3.63) is 69.3 Å². The molecule has 44 heavy (non-hydrogen) atoms. The maximum Gasteiger partial charge on any atom is 0.343 e. The van der Waals surface area contributed by atoms with Crippen molar-refractivity contribution in [3.63, 3.8) is 0 Å². The molecule has 1 atom stereocenters. The minimum absolute atomic E-state index is 0.0114. The van der Waals surface area contributed by atoms with Crippen LogP contribution in [0.2, 0.25) is 18.1 Å². The lowest BCUT2D eigenvalue weighted by molar-refractivity contribution is 0.0523. The highest BCUT2D eigenvalue weighted by atomic mass is 28.4. The van der Waals surface area contributed by atoms with Crippen LogP contribution in [0.5, 0.6) is 0 Å². The van der Waals surface area contributed by atoms with Crippen LogP contribution in [-0.4, -0.2) is 63.4 Å². The molecule has 0 bridgehead atoms. The Labute approximate surface area is 261 Å². The Morgan fingerprint density at radius 1 is 1.11 bits per heavy atom. The van der Waals surface area contributed by atoms with E-state index in [1.54, 1.807) is 25.3 Å². The van der Waals surface area contributed by atoms with Crippen molar-refractivity contribution in [2.45, 2.75) is 78.6 Å². The number of hydrogen-bond donors (Lipinski definition) is 0. The highest BCUT2D eigenvalue weighted by Gasteiger charge is 2.38. The van der Waals surface area contributed by atoms with E-state index < -0.39 is 19.7 Å². The molecule has 1 fully saturated rings. The largest absolute Gasteiger partial charge is 0.462 e. The van der Waals surface area contributed by atoms with Crippen LogP contribution in [0, 0.1) is 11.7 Å². The van der Waals surface area contributed by atoms with Crippen molar-refractivity contribution in [1.29, 1.82) is 0 Å². The van der Waals surface area contributed by atoms with Gasteiger partial charge < -0.3 is 23.4 Å². The Morgan fingerprint density at radius 2 is 1.77 bits per heavy atom. The monoisotopic (exact) mass is 625 g/mol. The molecule has 8 nitrogen and oxygen atoms in total. The minimum atomic E-state index is -2.10. The second kappa shape index (κ2) is 13.9. The lowest BCUT2D eigenvalue weighted by Crippen LogP contribution is -2.43. The fourth-order valence-electron chi connectivity index (χ4n) is 5.18. The van der Waals surface area contributed by atoms with Crippen molar-refractivity contribution in [2.24, 2.45) is 5.92 Å². The molecule has 0 aliphatic carbocycles. The van der Waals surface area contributed by atoms with Crippen molar-refractivity contribution in [2.75, 3.05) is 44.4 Å². The zero-order chi connectivity index (χ0) is 32.2. The number of anilines is 1. The number of morpholine rings is 1. The normalized spacial score (nSPS) is 15.2. The van der Waals surface area contributed by atoms with Gasteiger partial charge in [-0.25, -0.2) is 14.2 Å². The van der Waals surface area contributed by atoms with Gasteiger partial charge in [0, 0.05) is 19.3 Å². The third-order valence-electron chi connectivity index (χ3n) is 9.01. The van der Waals surface area contributed by atoms with Crippen LogP contribution in [0.25, 0.3) is 11.0 Å². The number of halogens is 1. The molecule has 2 aromatic heterocycles. The van der Waals surface area contributed by atoms with Crippen LogP contribution < -0.4 is 10.3 Å². The van der Waals surface area contributed by atoms with E-state index in [1.807, 2.05) is 10.6 Å². The van der Waals surface area contributed by atoms with Crippen molar-refractivity contribution in [3.8, 4) is 0 Å². The second-order valence-electron chi connectivity index (χ2n) is 13.5. The first-order valence-corrected chi connectivity index (χ1v) is 18.6. The standard InChI is InChI=1S/C34H48FN3O5Si/c1-9-42-33(40)28-21-38(29(23(2)3)22-43-44(7,8)34(4,5)6)32-27(30(28)39)20-25(13-10-24-11-14-26(35)15-12-24)31(36-32)37-16-18-41-19-17-37/h11-12,14-15,20-21,23,29H,9-10,13,16-19,22H2,1-8H3/t29-/m1/s1. The SMILES string of the molecule is CCOC(=O)c1cn([C@H](CO[Si](C)(C)C(C)(C)C)C(C)C)c2nc(N3CCOCC3)c(CCc3ccc(F)cc3)cc2c1=O. The van der Waals surface area contributed by atoms with Crippen LogP contribution in [0.1, 0.15) is 69.1 Å². The average Bonchev–Trinajstić information content (AvgIpc) is 2.97. The number of carbonyl (C=O) groups is 1. The van der Waals surface area contributed by atoms with E-state index in [4.69, 9.17) is 18.9 Å². The van der Waals surface area contributed by atoms with Gasteiger partial charge in [-0.3, -0.25) is 4.79 Å². The number of fused-ring (bicyclic) bond motifs is 1. The van der Waals surface area contributed by atoms with E-state index >= 15 is 0 Å². The van der Waals surface area contributed by atoms with Gasteiger partial charge in [0.25, 0.3) is 0 Å². The number of aryl methyl sites for hydroxylation is 2. The van der Waals surface area contributed by atoms with E-state index in [0.717, 1.165) is 16.9 Å². The van der Waals surface area contributed by atoms with Gasteiger partial charge in [-0.15, -0.1) is 0 Å². The summed E-state index contributed by atoms with van der Waals surface area (Å²) in [5, 5.41) is 0.400. The molecule has 0 spiro atoms. The molecule has 3 aromatic rings. The number of carbonyl (C=O) groups excluding carboxylic acids is 1. The molecule has 1 saturated heterocycles. The van der Waals surface area contributed by atoms with Gasteiger partial charge in [0.1, 0.15) is 22.8 Å². The first-order valence-electron chi connectivity index (χ1n) is 15.7. The molecule has 0 saturated carbocycles. The number of pyridine rings is 2. The van der Waals surface area contributed by atoms with Gasteiger partial charge in [0.15, 0.2) is 8.32 Å². The quantitative estimate of drug-likeness (QED) is 0.176. The van der Waals surface area contributed by atoms with Gasteiger partial charge in [-0.05, 0) is 73.1 Å². The Balaban J connectivity index is 1.91. The smallest absolute Gasteiger partial charge is 0.343 e. The number of benzene rings is 1. The number of esters is 1. The average molecular weight is 626 g/mol. The van der Waals surface area contributed by atoms with E-state index in [0.29, 0.717) is 56.8 Å². The maximum absolute atomic E-state index is 13.9. The summed E-state index contributed by atoms with van der Waals surface area (Å²) in [6, 6.07) is 8.18. The van der Waals surface area contributed by atoms with Gasteiger partial charge in [0.05, 0.1) is 37.9 Å². The highest BCUT2D eigenvalue weighted by Crippen LogP contribution is 2.38. The van der Waals surface area contributed by atoms with Crippen LogP contribution in [0.3, 0.4) is 0 Å². The van der Waals surface area contributed by atoms with E-state index in [9.17, 15) is 14.0 Å². The molecule has 1 aromatic carbocycles. The fourth-order valence-corrected chi connectivity index (χ4v) is 6.20. The Morgan fingerprint density at radius 3 is 2.36 bits per heavy atom. The highest BCUT2D eigenvalue weighted by molar-refractivity contribution is 6.74. The van der Waals surface area contributed by atoms with Gasteiger partial charge in [-0.1, -0.05) is 46.8 Å². The van der Waals surface area contributed by atoms with Crippen molar-refractivity contribution >= 4 is 31.1 Å². The maximum atomic E-state index is 13.9. The number of nitrogens with zero attached hydrogens (tertiary/aromatic N) is 3. The number of hydrogen-bond acceptors (Lipinski definition) is 7. The summed E-state index contributed by atoms with van der Waals surface area (Å²) >= 11 is 0. The molecule has 4 rings (SSSR count). The topological polar surface area (TPSA) is 82.9 Å². The molecule has 0 radical (unpaired) electrons. The van der Waals surface area contributed by atoms with E-state index in [2.05, 4.69) is 52.6 Å². The molecule has 0 N–H and O–H groups in total. The van der Waals surface area contributed by atoms with Crippen molar-refractivity contribution in [1.82, 2.24) is 9.55 Å². The molecule has 0 unspecified atom stereocenters. The molecular weight excluding hydrogens is 577 g/mol. The summed E-state index contributed by atoms with van der Waals surface area (Å²) in [6.45, 7) is 20.1. The van der Waals surface area contributed by atoms with Crippen LogP contribution in [0.15, 0.2) is 41.3 Å². The summed E-state index contributed by atoms with van der Waals surface area (Å²) in [6.07, 6.45) is 2.86. The summed E-state index contributed by atoms with van der Waals surface area (Å²) in [5.74, 6) is -0.00873. The summed E-state index contributed by atoms with van der Waals surface area (Å²) < 4.78 is 33.2. The zero-order valence-electron chi connectivity index (χ0n) is 27.5. The summed E-state index contributed by atoms with van der Waals surface area (Å²) in [5.41, 5.74) is 1.99. The molecule has 10 heteroatoms. The van der Waals surface area contributed by atoms with Gasteiger partial charge in [-0.2, -0.15) is 0 Å². The van der Waals surface area contributed by atoms with E-state index in [-0.39, 0.29) is 35.0 Å². The minimum Gasteiger partial charge on any atom is -0.462 e. The third-order valence-corrected chi connectivity index (χ3v) is 13.5. The Hall–Kier alpha value is -3.08. The van der Waals surface area contributed by atoms with Crippen molar-refractivity contribution < 1.29 is 23.1 Å². The molecular formula is C34H48FN3O5Si. The summed E-state index contributed by atoms with van der Waals surface area (Å²) in [7, 11) is -2.10. The number of aromatic nitrogens is 2. The zero-order valence-corrected chi connectivity index (χ0v) is 28.5. The lowest BCUT2D eigenvalue weighted by atomic mass is 10.0. The number of rotatable bonds is 11. The van der Waals surface area contributed by atoms with Crippen LogP contribution in [-0.2, 0) is 26.7 Å². The predicted molar refractivity (Wildman–Crippen MR) is 176 cm³/mol. The molecule has 240 valence electrons. The molecule has 1 aliphatic rings. The van der Waals surface area contributed by atoms with Gasteiger partial charge in [0.2, 0.25) is 5.43 Å². The second-order valence-corrected chi connectivity index (χ2v) is 18.3. The third kappa shape index (κ3) is 7.58. The fraction of sp³-hybridized carbons (Fsp3) is 0.559.